The second-order valence-corrected chi connectivity index (χ2v) is 5.89. The molecule has 0 saturated heterocycles. The lowest BCUT2D eigenvalue weighted by molar-refractivity contribution is -0.143. The molecule has 0 fully saturated rings. The Kier molecular flexibility index (Phi) is 8.92. The minimum Gasteiger partial charge on any atom is -0.357 e. The molecule has 0 atom stereocenters. The van der Waals surface area contributed by atoms with Gasteiger partial charge in [0.25, 0.3) is 0 Å². The predicted octanol–water partition coefficient (Wildman–Crippen LogP) is 3.28. The first-order valence-electron chi connectivity index (χ1n) is 7.82. The third-order valence-corrected chi connectivity index (χ3v) is 3.35. The maximum Gasteiger partial charge on any atom is 0.401 e. The number of alkyl halides is 3. The Morgan fingerprint density at radius 1 is 1.29 bits per heavy atom. The van der Waals surface area contributed by atoms with Gasteiger partial charge in [0.1, 0.15) is 0 Å². The van der Waals surface area contributed by atoms with Gasteiger partial charge < -0.3 is 10.6 Å². The first-order valence-corrected chi connectivity index (χ1v) is 8.20. The molecule has 1 aromatic carbocycles. The summed E-state index contributed by atoms with van der Waals surface area (Å²) in [5.41, 5.74) is 0.990. The van der Waals surface area contributed by atoms with Crippen LogP contribution in [0.15, 0.2) is 29.3 Å². The van der Waals surface area contributed by atoms with E-state index in [2.05, 4.69) is 15.6 Å². The van der Waals surface area contributed by atoms with E-state index in [1.54, 1.807) is 6.07 Å². The molecule has 0 bridgehead atoms. The summed E-state index contributed by atoms with van der Waals surface area (Å²) in [4.78, 5) is 5.70. The lowest BCUT2D eigenvalue weighted by atomic mass is 10.2. The minimum absolute atomic E-state index is 0.361. The van der Waals surface area contributed by atoms with Crippen LogP contribution in [0, 0.1) is 0 Å². The van der Waals surface area contributed by atoms with Crippen molar-refractivity contribution in [2.24, 2.45) is 4.99 Å². The lowest BCUT2D eigenvalue weighted by Crippen LogP contribution is -2.39. The zero-order valence-corrected chi connectivity index (χ0v) is 14.7. The van der Waals surface area contributed by atoms with Crippen molar-refractivity contribution in [3.8, 4) is 0 Å². The molecule has 0 aliphatic heterocycles. The molecule has 0 spiro atoms. The highest BCUT2D eigenvalue weighted by Crippen LogP contribution is 2.15. The van der Waals surface area contributed by atoms with Gasteiger partial charge in [-0.3, -0.25) is 4.90 Å². The molecule has 0 heterocycles. The van der Waals surface area contributed by atoms with E-state index in [0.717, 1.165) is 5.56 Å². The highest BCUT2D eigenvalue weighted by atomic mass is 35.5. The van der Waals surface area contributed by atoms with E-state index in [1.165, 1.54) is 11.9 Å². The van der Waals surface area contributed by atoms with Crippen LogP contribution in [-0.4, -0.2) is 50.3 Å². The van der Waals surface area contributed by atoms with Crippen LogP contribution in [0.25, 0.3) is 0 Å². The maximum absolute atomic E-state index is 12.2. The molecular formula is C16H24ClF3N4. The van der Waals surface area contributed by atoms with Gasteiger partial charge in [-0.1, -0.05) is 23.7 Å². The monoisotopic (exact) mass is 364 g/mol. The number of guanidine groups is 1. The lowest BCUT2D eigenvalue weighted by Gasteiger charge is -2.18. The SMILES string of the molecule is CCNC(=NCc1cccc(Cl)c1)NCCCN(C)CC(F)(F)F. The normalized spacial score (nSPS) is 12.5. The standard InChI is InChI=1S/C16H24ClF3N4/c1-3-21-15(23-11-13-6-4-7-14(17)10-13)22-8-5-9-24(2)12-16(18,19)20/h4,6-7,10H,3,5,8-9,11-12H2,1-2H3,(H2,21,22,23). The molecule has 2 N–H and O–H groups in total. The van der Waals surface area contributed by atoms with Crippen LogP contribution < -0.4 is 10.6 Å². The number of rotatable bonds is 8. The first kappa shape index (κ1) is 20.6. The quantitative estimate of drug-likeness (QED) is 0.422. The van der Waals surface area contributed by atoms with Crippen molar-refractivity contribution in [2.75, 3.05) is 33.2 Å². The predicted molar refractivity (Wildman–Crippen MR) is 92.4 cm³/mol. The van der Waals surface area contributed by atoms with Crippen molar-refractivity contribution in [1.29, 1.82) is 0 Å². The zero-order chi connectivity index (χ0) is 18.0. The van der Waals surface area contributed by atoms with Crippen LogP contribution in [0.3, 0.4) is 0 Å². The summed E-state index contributed by atoms with van der Waals surface area (Å²) in [6.07, 6.45) is -3.57. The van der Waals surface area contributed by atoms with E-state index in [0.29, 0.717) is 43.6 Å². The molecule has 1 aromatic rings. The Morgan fingerprint density at radius 2 is 2.04 bits per heavy atom. The second-order valence-electron chi connectivity index (χ2n) is 5.46. The van der Waals surface area contributed by atoms with Crippen molar-refractivity contribution in [2.45, 2.75) is 26.1 Å². The molecule has 1 rings (SSSR count). The Hall–Kier alpha value is -1.47. The summed E-state index contributed by atoms with van der Waals surface area (Å²) in [5.74, 6) is 0.635. The van der Waals surface area contributed by atoms with Crippen LogP contribution in [0.5, 0.6) is 0 Å². The number of nitrogens with zero attached hydrogens (tertiary/aromatic N) is 2. The summed E-state index contributed by atoms with van der Waals surface area (Å²) in [6, 6.07) is 7.45. The highest BCUT2D eigenvalue weighted by molar-refractivity contribution is 6.30. The average Bonchev–Trinajstić information content (AvgIpc) is 2.47. The van der Waals surface area contributed by atoms with E-state index in [4.69, 9.17) is 11.6 Å². The Morgan fingerprint density at radius 3 is 2.67 bits per heavy atom. The number of halogens is 4. The number of hydrogen-bond donors (Lipinski definition) is 2. The third-order valence-electron chi connectivity index (χ3n) is 3.11. The molecule has 0 unspecified atom stereocenters. The first-order chi connectivity index (χ1) is 11.3. The fourth-order valence-corrected chi connectivity index (χ4v) is 2.30. The van der Waals surface area contributed by atoms with E-state index >= 15 is 0 Å². The number of benzene rings is 1. The van der Waals surface area contributed by atoms with Gasteiger partial charge in [-0.25, -0.2) is 4.99 Å². The molecule has 0 saturated carbocycles. The molecule has 0 radical (unpaired) electrons. The third kappa shape index (κ3) is 9.62. The average molecular weight is 365 g/mol. The van der Waals surface area contributed by atoms with E-state index in [1.807, 2.05) is 25.1 Å². The Labute approximate surface area is 146 Å². The summed E-state index contributed by atoms with van der Waals surface area (Å²) < 4.78 is 36.7. The van der Waals surface area contributed by atoms with Gasteiger partial charge in [-0.15, -0.1) is 0 Å². The fourth-order valence-electron chi connectivity index (χ4n) is 2.09. The minimum atomic E-state index is -4.16. The summed E-state index contributed by atoms with van der Waals surface area (Å²) in [5, 5.41) is 6.89. The molecule has 4 nitrogen and oxygen atoms in total. The van der Waals surface area contributed by atoms with Crippen LogP contribution in [0.1, 0.15) is 18.9 Å². The number of aliphatic imine (C=N–C) groups is 1. The number of hydrogen-bond acceptors (Lipinski definition) is 2. The highest BCUT2D eigenvalue weighted by Gasteiger charge is 2.28. The molecule has 0 aliphatic rings. The van der Waals surface area contributed by atoms with E-state index in [-0.39, 0.29) is 0 Å². The van der Waals surface area contributed by atoms with Gasteiger partial charge in [0.15, 0.2) is 5.96 Å². The Balaban J connectivity index is 2.39. The molecule has 0 aromatic heterocycles. The molecular weight excluding hydrogens is 341 g/mol. The van der Waals surface area contributed by atoms with Crippen molar-refractivity contribution >= 4 is 17.6 Å². The van der Waals surface area contributed by atoms with Crippen LogP contribution >= 0.6 is 11.6 Å². The van der Waals surface area contributed by atoms with Crippen LogP contribution in [0.4, 0.5) is 13.2 Å². The van der Waals surface area contributed by atoms with Gasteiger partial charge in [0.05, 0.1) is 13.1 Å². The maximum atomic E-state index is 12.2. The van der Waals surface area contributed by atoms with Gasteiger partial charge in [-0.2, -0.15) is 13.2 Å². The smallest absolute Gasteiger partial charge is 0.357 e. The topological polar surface area (TPSA) is 39.7 Å². The van der Waals surface area contributed by atoms with Gasteiger partial charge in [0, 0.05) is 18.1 Å². The van der Waals surface area contributed by atoms with Crippen LogP contribution in [0.2, 0.25) is 5.02 Å². The largest absolute Gasteiger partial charge is 0.401 e. The van der Waals surface area contributed by atoms with Gasteiger partial charge in [-0.05, 0) is 44.6 Å². The van der Waals surface area contributed by atoms with Gasteiger partial charge >= 0.3 is 6.18 Å². The molecule has 0 aliphatic carbocycles. The van der Waals surface area contributed by atoms with Crippen molar-refractivity contribution < 1.29 is 13.2 Å². The van der Waals surface area contributed by atoms with E-state index in [9.17, 15) is 13.2 Å². The summed E-state index contributed by atoms with van der Waals surface area (Å²) >= 11 is 5.93. The fraction of sp³-hybridized carbons (Fsp3) is 0.562. The van der Waals surface area contributed by atoms with E-state index < -0.39 is 12.7 Å². The van der Waals surface area contributed by atoms with Crippen molar-refractivity contribution in [3.05, 3.63) is 34.9 Å². The molecule has 136 valence electrons. The second kappa shape index (κ2) is 10.4. The zero-order valence-electron chi connectivity index (χ0n) is 14.0. The van der Waals surface area contributed by atoms with Gasteiger partial charge in [0.2, 0.25) is 0 Å². The summed E-state index contributed by atoms with van der Waals surface area (Å²) in [6.45, 7) is 3.15. The Bertz CT molecular complexity index is 520. The molecule has 8 heteroatoms. The number of nitrogens with one attached hydrogen (secondary N) is 2. The summed E-state index contributed by atoms with van der Waals surface area (Å²) in [7, 11) is 1.46. The van der Waals surface area contributed by atoms with Crippen molar-refractivity contribution in [3.63, 3.8) is 0 Å². The molecule has 0 amide bonds. The van der Waals surface area contributed by atoms with Crippen molar-refractivity contribution in [1.82, 2.24) is 15.5 Å². The van der Waals surface area contributed by atoms with Crippen LogP contribution in [-0.2, 0) is 6.54 Å². The molecule has 24 heavy (non-hydrogen) atoms.